The molecule has 4 aromatic rings. The molecule has 2 heterocycles. The first-order chi connectivity index (χ1) is 14.4. The number of amides is 1. The maximum atomic E-state index is 12.5. The van der Waals surface area contributed by atoms with Crippen molar-refractivity contribution < 1.29 is 14.1 Å². The van der Waals surface area contributed by atoms with Gasteiger partial charge in [0.05, 0.1) is 11.4 Å². The zero-order valence-electron chi connectivity index (χ0n) is 15.7. The second-order valence-electron chi connectivity index (χ2n) is 6.48. The van der Waals surface area contributed by atoms with Crippen molar-refractivity contribution in [2.24, 2.45) is 0 Å². The molecule has 4 rings (SSSR count). The second kappa shape index (κ2) is 8.22. The van der Waals surface area contributed by atoms with Crippen LogP contribution in [0.5, 0.6) is 5.75 Å². The maximum Gasteiger partial charge on any atom is 0.287 e. The Hall–Kier alpha value is -3.29. The molecule has 0 fully saturated rings. The lowest BCUT2D eigenvalue weighted by Crippen LogP contribution is -2.15. The lowest BCUT2D eigenvalue weighted by atomic mass is 10.2. The van der Waals surface area contributed by atoms with Crippen molar-refractivity contribution in [2.45, 2.75) is 13.5 Å². The molecule has 0 saturated carbocycles. The van der Waals surface area contributed by atoms with E-state index in [2.05, 4.69) is 10.3 Å². The second-order valence-corrected chi connectivity index (χ2v) is 7.35. The number of anilines is 1. The molecular formula is C21H15Cl2N3O4. The van der Waals surface area contributed by atoms with E-state index in [-0.39, 0.29) is 18.1 Å². The van der Waals surface area contributed by atoms with Crippen LogP contribution >= 0.6 is 23.2 Å². The lowest BCUT2D eigenvalue weighted by molar-refractivity contribution is 0.102. The van der Waals surface area contributed by atoms with Crippen molar-refractivity contribution in [1.82, 2.24) is 9.56 Å². The number of hydrogen-bond acceptors (Lipinski definition) is 5. The van der Waals surface area contributed by atoms with Crippen LogP contribution in [0.3, 0.4) is 0 Å². The zero-order chi connectivity index (χ0) is 21.3. The summed E-state index contributed by atoms with van der Waals surface area (Å²) in [5, 5.41) is 3.67. The van der Waals surface area contributed by atoms with E-state index in [1.165, 1.54) is 6.07 Å². The molecule has 0 aliphatic carbocycles. The van der Waals surface area contributed by atoms with Crippen molar-refractivity contribution in [1.29, 1.82) is 0 Å². The van der Waals surface area contributed by atoms with E-state index in [1.54, 1.807) is 55.5 Å². The minimum absolute atomic E-state index is 0.00363. The Morgan fingerprint density at radius 1 is 1.13 bits per heavy atom. The van der Waals surface area contributed by atoms with Gasteiger partial charge < -0.3 is 14.6 Å². The Bertz CT molecular complexity index is 1310. The van der Waals surface area contributed by atoms with Gasteiger partial charge >= 0.3 is 0 Å². The normalized spacial score (nSPS) is 10.9. The molecule has 152 valence electrons. The lowest BCUT2D eigenvalue weighted by Gasteiger charge is -2.13. The van der Waals surface area contributed by atoms with Gasteiger partial charge in [0, 0.05) is 33.8 Å². The molecule has 9 heteroatoms. The van der Waals surface area contributed by atoms with E-state index in [0.717, 1.165) is 4.57 Å². The highest BCUT2D eigenvalue weighted by Crippen LogP contribution is 2.29. The number of nitrogens with zero attached hydrogens (tertiary/aromatic N) is 2. The minimum Gasteiger partial charge on any atom is -0.485 e. The number of benzene rings is 2. The smallest absolute Gasteiger partial charge is 0.287 e. The molecule has 1 N–H and O–H groups in total. The first kappa shape index (κ1) is 20.0. The summed E-state index contributed by atoms with van der Waals surface area (Å²) in [7, 11) is 0. The highest BCUT2D eigenvalue weighted by Gasteiger charge is 2.13. The van der Waals surface area contributed by atoms with Crippen molar-refractivity contribution in [2.75, 3.05) is 5.32 Å². The van der Waals surface area contributed by atoms with Crippen LogP contribution in [0.4, 0.5) is 5.69 Å². The maximum absolute atomic E-state index is 12.5. The summed E-state index contributed by atoms with van der Waals surface area (Å²) < 4.78 is 12.2. The van der Waals surface area contributed by atoms with Gasteiger partial charge in [-0.15, -0.1) is 4.57 Å². The number of ether oxygens (including phenoxy) is 1. The summed E-state index contributed by atoms with van der Waals surface area (Å²) >= 11 is 12.0. The van der Waals surface area contributed by atoms with Crippen LogP contribution in [-0.4, -0.2) is 15.5 Å². The third-order valence-corrected chi connectivity index (χ3v) is 4.65. The standard InChI is InChI=1S/C21H15Cl2N3O4/c1-12-7-19-24-16(10-20(27)26(19)30-12)11-29-18-9-15(23)5-6-17(18)25-21(28)13-3-2-4-14(22)8-13/h2-10H,11H2,1H3,(H,25,28). The average Bonchev–Trinajstić information content (AvgIpc) is 3.09. The number of nitrogens with one attached hydrogen (secondary N) is 1. The number of rotatable bonds is 5. The largest absolute Gasteiger partial charge is 0.485 e. The molecule has 2 aromatic heterocycles. The van der Waals surface area contributed by atoms with Gasteiger partial charge in [-0.1, -0.05) is 29.3 Å². The number of aryl methyl sites for hydroxylation is 1. The van der Waals surface area contributed by atoms with Crippen LogP contribution in [0.15, 0.2) is 63.9 Å². The summed E-state index contributed by atoms with van der Waals surface area (Å²) in [6.07, 6.45) is 0. The van der Waals surface area contributed by atoms with Crippen molar-refractivity contribution >= 4 is 40.4 Å². The molecule has 0 saturated heterocycles. The fourth-order valence-corrected chi connectivity index (χ4v) is 3.19. The molecule has 1 amide bonds. The van der Waals surface area contributed by atoms with Gasteiger partial charge in [-0.05, 0) is 37.3 Å². The predicted molar refractivity (Wildman–Crippen MR) is 114 cm³/mol. The van der Waals surface area contributed by atoms with Crippen LogP contribution in [0, 0.1) is 6.92 Å². The number of aromatic nitrogens is 2. The summed E-state index contributed by atoms with van der Waals surface area (Å²) in [6.45, 7) is 1.72. The monoisotopic (exact) mass is 443 g/mol. The van der Waals surface area contributed by atoms with Crippen molar-refractivity contribution in [3.63, 3.8) is 0 Å². The van der Waals surface area contributed by atoms with Crippen molar-refractivity contribution in [3.05, 3.63) is 92.0 Å². The van der Waals surface area contributed by atoms with E-state index in [4.69, 9.17) is 32.5 Å². The summed E-state index contributed by atoms with van der Waals surface area (Å²) in [5.41, 5.74) is 1.26. The summed E-state index contributed by atoms with van der Waals surface area (Å²) in [6, 6.07) is 14.4. The number of carbonyl (C=O) groups is 1. The van der Waals surface area contributed by atoms with Gasteiger partial charge in [-0.25, -0.2) is 4.98 Å². The highest BCUT2D eigenvalue weighted by atomic mass is 35.5. The van der Waals surface area contributed by atoms with Gasteiger partial charge in [0.25, 0.3) is 11.5 Å². The number of carbonyl (C=O) groups excluding carboxylic acids is 1. The molecule has 30 heavy (non-hydrogen) atoms. The molecule has 0 atom stereocenters. The van der Waals surface area contributed by atoms with Crippen LogP contribution in [-0.2, 0) is 6.61 Å². The fourth-order valence-electron chi connectivity index (χ4n) is 2.84. The van der Waals surface area contributed by atoms with Gasteiger partial charge in [-0.3, -0.25) is 9.59 Å². The molecule has 7 nitrogen and oxygen atoms in total. The number of halogens is 2. The quantitative estimate of drug-likeness (QED) is 0.481. The molecule has 0 unspecified atom stereocenters. The minimum atomic E-state index is -0.354. The Balaban J connectivity index is 1.56. The zero-order valence-corrected chi connectivity index (χ0v) is 17.2. The molecular weight excluding hydrogens is 429 g/mol. The Kier molecular flexibility index (Phi) is 5.48. The number of hydrogen-bond donors (Lipinski definition) is 1. The Labute approximate surface area is 180 Å². The predicted octanol–water partition coefficient (Wildman–Crippen LogP) is 4.73. The highest BCUT2D eigenvalue weighted by molar-refractivity contribution is 6.31. The first-order valence-corrected chi connectivity index (χ1v) is 9.63. The average molecular weight is 444 g/mol. The van der Waals surface area contributed by atoms with E-state index in [0.29, 0.717) is 44.1 Å². The molecule has 0 aliphatic rings. The van der Waals surface area contributed by atoms with Crippen LogP contribution in [0.25, 0.3) is 5.65 Å². The first-order valence-electron chi connectivity index (χ1n) is 8.88. The molecule has 0 radical (unpaired) electrons. The Morgan fingerprint density at radius 3 is 2.73 bits per heavy atom. The van der Waals surface area contributed by atoms with Gasteiger partial charge in [0.2, 0.25) is 0 Å². The SMILES string of the molecule is Cc1cc2nc(COc3cc(Cl)ccc3NC(=O)c3cccc(Cl)c3)cc(=O)n2o1. The van der Waals surface area contributed by atoms with Gasteiger partial charge in [-0.2, -0.15) is 0 Å². The third-order valence-electron chi connectivity index (χ3n) is 4.18. The Morgan fingerprint density at radius 2 is 1.93 bits per heavy atom. The summed E-state index contributed by atoms with van der Waals surface area (Å²) in [4.78, 5) is 29.1. The van der Waals surface area contributed by atoms with Crippen LogP contribution in [0.1, 0.15) is 21.8 Å². The van der Waals surface area contributed by atoms with Gasteiger partial charge in [0.15, 0.2) is 5.65 Å². The molecule has 0 spiro atoms. The van der Waals surface area contributed by atoms with E-state index >= 15 is 0 Å². The molecule has 2 aromatic carbocycles. The summed E-state index contributed by atoms with van der Waals surface area (Å²) in [5.74, 6) is 0.554. The number of fused-ring (bicyclic) bond motifs is 1. The fraction of sp³-hybridized carbons (Fsp3) is 0.0952. The van der Waals surface area contributed by atoms with E-state index < -0.39 is 0 Å². The molecule has 0 bridgehead atoms. The van der Waals surface area contributed by atoms with E-state index in [1.807, 2.05) is 0 Å². The van der Waals surface area contributed by atoms with Crippen molar-refractivity contribution in [3.8, 4) is 5.75 Å². The van der Waals surface area contributed by atoms with Crippen LogP contribution in [0.2, 0.25) is 10.0 Å². The van der Waals surface area contributed by atoms with E-state index in [9.17, 15) is 9.59 Å². The molecule has 0 aliphatic heterocycles. The third kappa shape index (κ3) is 4.32. The van der Waals surface area contributed by atoms with Crippen LogP contribution < -0.4 is 15.6 Å². The topological polar surface area (TPSA) is 85.8 Å². The van der Waals surface area contributed by atoms with Gasteiger partial charge in [0.1, 0.15) is 18.1 Å².